The Labute approximate surface area is 177 Å². The summed E-state index contributed by atoms with van der Waals surface area (Å²) in [7, 11) is 3.39. The molecule has 0 aliphatic heterocycles. The molecular weight excluding hydrogens is 403 g/mol. The third kappa shape index (κ3) is 4.56. The standard InChI is InChI=1S/C22H23FN4O4/c1-24-9-5-7-13-15-10-12(23)11-17(25-2)19(15)27-21(29)18(13)20(28)26-16-8-4-3-6-14(16)22(30)31/h3-4,6,8,10-11,24-25H,5,7,9H2,1-2H3,(H,26,28)(H,27,29)(H,30,31). The Morgan fingerprint density at radius 1 is 1.13 bits per heavy atom. The maximum absolute atomic E-state index is 14.3. The van der Waals surface area contributed by atoms with Crippen molar-refractivity contribution in [3.05, 3.63) is 69.3 Å². The van der Waals surface area contributed by atoms with Crippen LogP contribution in [0.5, 0.6) is 0 Å². The molecule has 0 saturated heterocycles. The number of para-hydroxylation sites is 1. The molecule has 0 aliphatic carbocycles. The highest BCUT2D eigenvalue weighted by atomic mass is 19.1. The number of aromatic amines is 1. The van der Waals surface area contributed by atoms with E-state index in [1.165, 1.54) is 30.3 Å². The lowest BCUT2D eigenvalue weighted by atomic mass is 9.97. The topological polar surface area (TPSA) is 123 Å². The summed E-state index contributed by atoms with van der Waals surface area (Å²) in [6.45, 7) is 0.630. The lowest BCUT2D eigenvalue weighted by Gasteiger charge is -2.15. The van der Waals surface area contributed by atoms with E-state index in [9.17, 15) is 23.9 Å². The Kier molecular flexibility index (Phi) is 6.66. The molecule has 0 bridgehead atoms. The van der Waals surface area contributed by atoms with Crippen LogP contribution >= 0.6 is 0 Å². The van der Waals surface area contributed by atoms with Crippen molar-refractivity contribution in [1.29, 1.82) is 0 Å². The van der Waals surface area contributed by atoms with Crippen molar-refractivity contribution in [1.82, 2.24) is 10.3 Å². The summed E-state index contributed by atoms with van der Waals surface area (Å²) in [5.74, 6) is -2.48. The minimum atomic E-state index is -1.21. The van der Waals surface area contributed by atoms with E-state index < -0.39 is 23.3 Å². The number of H-pyrrole nitrogens is 1. The SMILES string of the molecule is CNCCCc1c(C(=O)Nc2ccccc2C(=O)O)c(=O)[nH]c2c(NC)cc(F)cc12. The zero-order chi connectivity index (χ0) is 22.5. The van der Waals surface area contributed by atoms with Gasteiger partial charge in [-0.15, -0.1) is 0 Å². The van der Waals surface area contributed by atoms with Crippen LogP contribution in [0.3, 0.4) is 0 Å². The average Bonchev–Trinajstić information content (AvgIpc) is 2.73. The largest absolute Gasteiger partial charge is 0.478 e. The fourth-order valence-corrected chi connectivity index (χ4v) is 3.53. The van der Waals surface area contributed by atoms with Crippen molar-refractivity contribution < 1.29 is 19.1 Å². The van der Waals surface area contributed by atoms with E-state index in [0.29, 0.717) is 41.5 Å². The van der Waals surface area contributed by atoms with Gasteiger partial charge in [0, 0.05) is 12.4 Å². The van der Waals surface area contributed by atoms with Crippen LogP contribution in [0.15, 0.2) is 41.2 Å². The summed E-state index contributed by atoms with van der Waals surface area (Å²) >= 11 is 0. The second-order valence-electron chi connectivity index (χ2n) is 6.95. The molecule has 0 atom stereocenters. The quantitative estimate of drug-likeness (QED) is 0.353. The first-order chi connectivity index (χ1) is 14.9. The molecule has 162 valence electrons. The highest BCUT2D eigenvalue weighted by Gasteiger charge is 2.22. The predicted molar refractivity (Wildman–Crippen MR) is 118 cm³/mol. The van der Waals surface area contributed by atoms with Crippen LogP contribution in [0, 0.1) is 5.82 Å². The average molecular weight is 426 g/mol. The van der Waals surface area contributed by atoms with E-state index in [2.05, 4.69) is 20.9 Å². The highest BCUT2D eigenvalue weighted by molar-refractivity contribution is 6.10. The number of hydrogen-bond donors (Lipinski definition) is 5. The number of hydrogen-bond acceptors (Lipinski definition) is 5. The van der Waals surface area contributed by atoms with Gasteiger partial charge in [-0.05, 0) is 56.3 Å². The minimum Gasteiger partial charge on any atom is -0.478 e. The van der Waals surface area contributed by atoms with Crippen LogP contribution in [0.25, 0.3) is 10.9 Å². The molecule has 1 aromatic heterocycles. The Bertz CT molecular complexity index is 1210. The number of fused-ring (bicyclic) bond motifs is 1. The number of nitrogens with one attached hydrogen (secondary N) is 4. The number of rotatable bonds is 8. The van der Waals surface area contributed by atoms with Crippen molar-refractivity contribution in [2.75, 3.05) is 31.3 Å². The number of carboxylic acids is 1. The molecule has 8 nitrogen and oxygen atoms in total. The van der Waals surface area contributed by atoms with Gasteiger partial charge in [-0.2, -0.15) is 0 Å². The van der Waals surface area contributed by atoms with Crippen molar-refractivity contribution >= 4 is 34.2 Å². The summed E-state index contributed by atoms with van der Waals surface area (Å²) in [6, 6.07) is 8.45. The summed E-state index contributed by atoms with van der Waals surface area (Å²) in [6.07, 6.45) is 0.948. The number of anilines is 2. The first-order valence-electron chi connectivity index (χ1n) is 9.71. The molecule has 0 unspecified atom stereocenters. The molecule has 3 rings (SSSR count). The summed E-state index contributed by atoms with van der Waals surface area (Å²) < 4.78 is 14.3. The van der Waals surface area contributed by atoms with Crippen molar-refractivity contribution in [3.8, 4) is 0 Å². The van der Waals surface area contributed by atoms with E-state index in [-0.39, 0.29) is 16.8 Å². The van der Waals surface area contributed by atoms with Crippen LogP contribution < -0.4 is 21.5 Å². The first kappa shape index (κ1) is 22.0. The van der Waals surface area contributed by atoms with E-state index in [0.717, 1.165) is 0 Å². The predicted octanol–water partition coefficient (Wildman–Crippen LogP) is 2.81. The van der Waals surface area contributed by atoms with E-state index in [1.54, 1.807) is 20.2 Å². The number of amides is 1. The van der Waals surface area contributed by atoms with Crippen LogP contribution in [0.1, 0.15) is 32.7 Å². The molecule has 9 heteroatoms. The van der Waals surface area contributed by atoms with Crippen LogP contribution in [0.2, 0.25) is 0 Å². The molecule has 1 heterocycles. The second-order valence-corrected chi connectivity index (χ2v) is 6.95. The number of aromatic nitrogens is 1. The fourth-order valence-electron chi connectivity index (χ4n) is 3.53. The summed E-state index contributed by atoms with van der Waals surface area (Å²) in [5, 5.41) is 18.2. The monoisotopic (exact) mass is 426 g/mol. The number of aryl methyl sites for hydroxylation is 1. The normalized spacial score (nSPS) is 10.8. The highest BCUT2D eigenvalue weighted by Crippen LogP contribution is 2.28. The van der Waals surface area contributed by atoms with E-state index >= 15 is 0 Å². The van der Waals surface area contributed by atoms with Gasteiger partial charge in [0.05, 0.1) is 22.5 Å². The Hall–Kier alpha value is -3.72. The molecule has 31 heavy (non-hydrogen) atoms. The smallest absolute Gasteiger partial charge is 0.337 e. The van der Waals surface area contributed by atoms with E-state index in [1.807, 2.05) is 0 Å². The van der Waals surface area contributed by atoms with E-state index in [4.69, 9.17) is 0 Å². The molecule has 0 fully saturated rings. The minimum absolute atomic E-state index is 0.0656. The van der Waals surface area contributed by atoms with Gasteiger partial charge in [0.15, 0.2) is 0 Å². The molecule has 0 radical (unpaired) electrons. The molecule has 2 aromatic carbocycles. The van der Waals surface area contributed by atoms with Gasteiger partial charge in [-0.25, -0.2) is 9.18 Å². The zero-order valence-electron chi connectivity index (χ0n) is 17.1. The molecule has 0 spiro atoms. The number of pyridine rings is 1. The fraction of sp³-hybridized carbons (Fsp3) is 0.227. The number of carboxylic acid groups (broad SMARTS) is 1. The van der Waals surface area contributed by atoms with Crippen LogP contribution in [-0.4, -0.2) is 42.6 Å². The second kappa shape index (κ2) is 9.40. The number of halogens is 1. The maximum Gasteiger partial charge on any atom is 0.337 e. The number of carbonyl (C=O) groups excluding carboxylic acids is 1. The first-order valence-corrected chi connectivity index (χ1v) is 9.71. The Morgan fingerprint density at radius 3 is 2.55 bits per heavy atom. The molecular formula is C22H23FN4O4. The third-order valence-corrected chi connectivity index (χ3v) is 4.95. The number of carbonyl (C=O) groups is 2. The lowest BCUT2D eigenvalue weighted by Crippen LogP contribution is -2.27. The van der Waals surface area contributed by atoms with Gasteiger partial charge in [-0.3, -0.25) is 9.59 Å². The van der Waals surface area contributed by atoms with Crippen LogP contribution in [-0.2, 0) is 6.42 Å². The third-order valence-electron chi connectivity index (χ3n) is 4.95. The Morgan fingerprint density at radius 2 is 1.87 bits per heavy atom. The molecule has 1 amide bonds. The van der Waals surface area contributed by atoms with Gasteiger partial charge in [-0.1, -0.05) is 12.1 Å². The number of benzene rings is 2. The number of aromatic carboxylic acids is 1. The zero-order valence-corrected chi connectivity index (χ0v) is 17.1. The summed E-state index contributed by atoms with van der Waals surface area (Å²) in [4.78, 5) is 40.1. The van der Waals surface area contributed by atoms with Crippen molar-refractivity contribution in [3.63, 3.8) is 0 Å². The van der Waals surface area contributed by atoms with Gasteiger partial charge in [0.25, 0.3) is 11.5 Å². The van der Waals surface area contributed by atoms with Crippen LogP contribution in [0.4, 0.5) is 15.8 Å². The van der Waals surface area contributed by atoms with Gasteiger partial charge in [0.1, 0.15) is 11.4 Å². The molecule has 3 aromatic rings. The van der Waals surface area contributed by atoms with Gasteiger partial charge >= 0.3 is 5.97 Å². The van der Waals surface area contributed by atoms with Gasteiger partial charge in [0.2, 0.25) is 0 Å². The molecule has 5 N–H and O–H groups in total. The van der Waals surface area contributed by atoms with Crippen molar-refractivity contribution in [2.24, 2.45) is 0 Å². The Balaban J connectivity index is 2.17. The van der Waals surface area contributed by atoms with Gasteiger partial charge < -0.3 is 26.0 Å². The lowest BCUT2D eigenvalue weighted by molar-refractivity contribution is 0.0698. The maximum atomic E-state index is 14.3. The van der Waals surface area contributed by atoms with Crippen molar-refractivity contribution in [2.45, 2.75) is 12.8 Å². The summed E-state index contributed by atoms with van der Waals surface area (Å²) in [5.41, 5.74) is 0.345. The molecule has 0 saturated carbocycles. The molecule has 0 aliphatic rings.